The summed E-state index contributed by atoms with van der Waals surface area (Å²) in [4.78, 5) is 30.7. The molecule has 1 amide bonds. The van der Waals surface area contributed by atoms with Gasteiger partial charge in [0.1, 0.15) is 11.8 Å². The molecule has 0 radical (unpaired) electrons. The molecule has 7 heteroatoms. The van der Waals surface area contributed by atoms with Gasteiger partial charge in [-0.05, 0) is 36.5 Å². The molecular weight excluding hydrogens is 340 g/mol. The lowest BCUT2D eigenvalue weighted by Gasteiger charge is -2.32. The van der Waals surface area contributed by atoms with Crippen molar-refractivity contribution in [3.8, 4) is 0 Å². The van der Waals surface area contributed by atoms with Crippen molar-refractivity contribution < 1.29 is 4.79 Å². The highest BCUT2D eigenvalue weighted by molar-refractivity contribution is 5.92. The van der Waals surface area contributed by atoms with E-state index in [1.54, 1.807) is 6.33 Å². The van der Waals surface area contributed by atoms with Gasteiger partial charge in [0, 0.05) is 24.7 Å². The minimum atomic E-state index is 0.0186. The van der Waals surface area contributed by atoms with E-state index in [-0.39, 0.29) is 11.8 Å². The molecular formula is C20H24N6O. The molecule has 1 aliphatic rings. The maximum atomic E-state index is 12.6. The number of carbonyl (C=O) groups is 1. The fraction of sp³-hybridized carbons (Fsp3) is 0.400. The van der Waals surface area contributed by atoms with Crippen LogP contribution in [-0.4, -0.2) is 38.9 Å². The van der Waals surface area contributed by atoms with Crippen LogP contribution in [0.4, 0.5) is 11.5 Å². The topological polar surface area (TPSA) is 86.8 Å². The number of anilines is 2. The Kier molecular flexibility index (Phi) is 4.75. The van der Waals surface area contributed by atoms with Crippen molar-refractivity contribution in [1.82, 2.24) is 19.9 Å². The Balaban J connectivity index is 1.37. The second kappa shape index (κ2) is 7.34. The molecule has 0 atom stereocenters. The number of amides is 1. The number of piperidine rings is 1. The minimum Gasteiger partial charge on any atom is -0.355 e. The zero-order valence-electron chi connectivity index (χ0n) is 15.6. The van der Waals surface area contributed by atoms with Crippen LogP contribution in [0, 0.1) is 5.92 Å². The molecule has 0 saturated carbocycles. The van der Waals surface area contributed by atoms with E-state index in [9.17, 15) is 4.79 Å². The van der Waals surface area contributed by atoms with E-state index in [1.807, 2.05) is 12.1 Å². The number of hydrogen-bond acceptors (Lipinski definition) is 5. The van der Waals surface area contributed by atoms with Gasteiger partial charge in [-0.1, -0.05) is 26.0 Å². The minimum absolute atomic E-state index is 0.0186. The molecule has 0 aliphatic carbocycles. The molecule has 3 aromatic rings. The number of aromatic nitrogens is 4. The molecule has 27 heavy (non-hydrogen) atoms. The molecule has 7 nitrogen and oxygen atoms in total. The van der Waals surface area contributed by atoms with Crippen molar-refractivity contribution in [2.75, 3.05) is 23.3 Å². The van der Waals surface area contributed by atoms with Gasteiger partial charge in [-0.15, -0.1) is 0 Å². The molecule has 4 rings (SSSR count). The SMILES string of the molecule is CC(C)c1ccc(NC(=O)C2CCN(c3ncnc4nc[nH]c34)CC2)cc1. The first-order chi connectivity index (χ1) is 13.1. The molecule has 1 aromatic carbocycles. The van der Waals surface area contributed by atoms with Crippen LogP contribution in [-0.2, 0) is 4.79 Å². The lowest BCUT2D eigenvalue weighted by molar-refractivity contribution is -0.120. The van der Waals surface area contributed by atoms with Crippen LogP contribution in [0.25, 0.3) is 11.2 Å². The molecule has 1 fully saturated rings. The first-order valence-electron chi connectivity index (χ1n) is 9.41. The number of rotatable bonds is 4. The summed E-state index contributed by atoms with van der Waals surface area (Å²) >= 11 is 0. The van der Waals surface area contributed by atoms with Gasteiger partial charge in [-0.3, -0.25) is 4.79 Å². The van der Waals surface area contributed by atoms with E-state index in [4.69, 9.17) is 0 Å². The molecule has 2 N–H and O–H groups in total. The van der Waals surface area contributed by atoms with Gasteiger partial charge < -0.3 is 15.2 Å². The highest BCUT2D eigenvalue weighted by Crippen LogP contribution is 2.26. The predicted octanol–water partition coefficient (Wildman–Crippen LogP) is 3.33. The fourth-order valence-electron chi connectivity index (χ4n) is 3.54. The lowest BCUT2D eigenvalue weighted by atomic mass is 9.95. The third-order valence-corrected chi connectivity index (χ3v) is 5.21. The number of aromatic amines is 1. The molecule has 140 valence electrons. The molecule has 0 unspecified atom stereocenters. The highest BCUT2D eigenvalue weighted by atomic mass is 16.1. The van der Waals surface area contributed by atoms with E-state index in [1.165, 1.54) is 11.9 Å². The predicted molar refractivity (Wildman–Crippen MR) is 106 cm³/mol. The molecule has 3 heterocycles. The summed E-state index contributed by atoms with van der Waals surface area (Å²) in [6.45, 7) is 5.90. The Labute approximate surface area is 158 Å². The van der Waals surface area contributed by atoms with E-state index in [0.29, 0.717) is 11.6 Å². The summed E-state index contributed by atoms with van der Waals surface area (Å²) in [5.74, 6) is 1.47. The van der Waals surface area contributed by atoms with E-state index >= 15 is 0 Å². The monoisotopic (exact) mass is 364 g/mol. The van der Waals surface area contributed by atoms with Gasteiger partial charge >= 0.3 is 0 Å². The standard InChI is InChI=1S/C20H24N6O/c1-13(2)14-3-5-16(6-4-14)25-20(27)15-7-9-26(10-8-15)19-17-18(22-11-21-17)23-12-24-19/h3-6,11-13,15H,7-10H2,1-2H3,(H,25,27)(H,21,22,23,24). The zero-order chi connectivity index (χ0) is 18.8. The van der Waals surface area contributed by atoms with E-state index in [0.717, 1.165) is 43.0 Å². The second-order valence-corrected chi connectivity index (χ2v) is 7.33. The van der Waals surface area contributed by atoms with Crippen LogP contribution in [0.1, 0.15) is 38.2 Å². The maximum absolute atomic E-state index is 12.6. The van der Waals surface area contributed by atoms with Crippen LogP contribution >= 0.6 is 0 Å². The summed E-state index contributed by atoms with van der Waals surface area (Å²) in [7, 11) is 0. The van der Waals surface area contributed by atoms with Crippen LogP contribution in [0.5, 0.6) is 0 Å². The first kappa shape index (κ1) is 17.5. The Bertz CT molecular complexity index is 925. The number of hydrogen-bond donors (Lipinski definition) is 2. The average Bonchev–Trinajstić information content (AvgIpc) is 3.17. The number of imidazole rings is 1. The normalized spacial score (nSPS) is 15.4. The molecule has 0 spiro atoms. The van der Waals surface area contributed by atoms with Crippen LogP contribution in [0.3, 0.4) is 0 Å². The maximum Gasteiger partial charge on any atom is 0.227 e. The van der Waals surface area contributed by atoms with Crippen molar-refractivity contribution in [3.63, 3.8) is 0 Å². The summed E-state index contributed by atoms with van der Waals surface area (Å²) in [5.41, 5.74) is 3.66. The van der Waals surface area contributed by atoms with E-state index in [2.05, 4.69) is 56.1 Å². The first-order valence-corrected chi connectivity index (χ1v) is 9.41. The summed E-state index contributed by atoms with van der Waals surface area (Å²) < 4.78 is 0. The molecule has 1 saturated heterocycles. The third-order valence-electron chi connectivity index (χ3n) is 5.21. The number of H-pyrrole nitrogens is 1. The molecule has 2 aromatic heterocycles. The van der Waals surface area contributed by atoms with Crippen molar-refractivity contribution in [2.24, 2.45) is 5.92 Å². The Morgan fingerprint density at radius 1 is 1.15 bits per heavy atom. The number of fused-ring (bicyclic) bond motifs is 1. The third kappa shape index (κ3) is 3.63. The van der Waals surface area contributed by atoms with Gasteiger partial charge in [0.05, 0.1) is 6.33 Å². The van der Waals surface area contributed by atoms with Crippen LogP contribution in [0.15, 0.2) is 36.9 Å². The molecule has 0 bridgehead atoms. The number of carbonyl (C=O) groups excluding carboxylic acids is 1. The van der Waals surface area contributed by atoms with Crippen molar-refractivity contribution in [2.45, 2.75) is 32.6 Å². The number of benzene rings is 1. The summed E-state index contributed by atoms with van der Waals surface area (Å²) in [6.07, 6.45) is 4.77. The largest absolute Gasteiger partial charge is 0.355 e. The lowest BCUT2D eigenvalue weighted by Crippen LogP contribution is -2.38. The summed E-state index contributed by atoms with van der Waals surface area (Å²) in [6, 6.07) is 8.12. The Morgan fingerprint density at radius 2 is 1.89 bits per heavy atom. The summed E-state index contributed by atoms with van der Waals surface area (Å²) in [5, 5.41) is 3.06. The number of nitrogens with one attached hydrogen (secondary N) is 2. The van der Waals surface area contributed by atoms with Crippen molar-refractivity contribution in [1.29, 1.82) is 0 Å². The highest BCUT2D eigenvalue weighted by Gasteiger charge is 2.27. The second-order valence-electron chi connectivity index (χ2n) is 7.33. The molecule has 1 aliphatic heterocycles. The average molecular weight is 364 g/mol. The van der Waals surface area contributed by atoms with Crippen LogP contribution in [0.2, 0.25) is 0 Å². The Hall–Kier alpha value is -2.96. The quantitative estimate of drug-likeness (QED) is 0.741. The van der Waals surface area contributed by atoms with Gasteiger partial charge in [-0.2, -0.15) is 0 Å². The number of nitrogens with zero attached hydrogens (tertiary/aromatic N) is 4. The Morgan fingerprint density at radius 3 is 2.59 bits per heavy atom. The van der Waals surface area contributed by atoms with Crippen molar-refractivity contribution >= 4 is 28.6 Å². The van der Waals surface area contributed by atoms with Gasteiger partial charge in [-0.25, -0.2) is 15.0 Å². The fourth-order valence-corrected chi connectivity index (χ4v) is 3.54. The van der Waals surface area contributed by atoms with Crippen molar-refractivity contribution in [3.05, 3.63) is 42.5 Å². The zero-order valence-corrected chi connectivity index (χ0v) is 15.6. The van der Waals surface area contributed by atoms with E-state index < -0.39 is 0 Å². The van der Waals surface area contributed by atoms with Gasteiger partial charge in [0.15, 0.2) is 11.5 Å². The van der Waals surface area contributed by atoms with Gasteiger partial charge in [0.2, 0.25) is 5.91 Å². The van der Waals surface area contributed by atoms with Crippen LogP contribution < -0.4 is 10.2 Å². The smallest absolute Gasteiger partial charge is 0.227 e. The van der Waals surface area contributed by atoms with Gasteiger partial charge in [0.25, 0.3) is 0 Å².